The maximum atomic E-state index is 11.5. The first-order valence-electron chi connectivity index (χ1n) is 6.06. The quantitative estimate of drug-likeness (QED) is 0.422. The molecule has 1 amide bonds. The third-order valence-corrected chi connectivity index (χ3v) is 2.78. The van der Waals surface area contributed by atoms with Gasteiger partial charge in [0.2, 0.25) is 0 Å². The van der Waals surface area contributed by atoms with E-state index in [1.807, 2.05) is 18.2 Å². The second-order valence-electron chi connectivity index (χ2n) is 4.40. The Morgan fingerprint density at radius 2 is 2.21 bits per heavy atom. The third-order valence-electron chi connectivity index (χ3n) is 2.78. The van der Waals surface area contributed by atoms with Crippen molar-refractivity contribution in [3.63, 3.8) is 0 Å². The maximum Gasteiger partial charge on any atom is 0.251 e. The molecule has 0 aliphatic heterocycles. The second kappa shape index (κ2) is 7.32. The molecule has 1 aliphatic carbocycles. The Balaban J connectivity index is 0.00000180. The summed E-state index contributed by atoms with van der Waals surface area (Å²) in [6, 6.07) is 7.89. The Labute approximate surface area is 130 Å². The summed E-state index contributed by atoms with van der Waals surface area (Å²) in [5, 5.41) is 5.72. The standard InChI is InChI=1S/C13H18N4O.HI/c1-15-12(18)10-4-2-3-9(7-10)8-16-13(14)17-11-5-6-11;/h2-4,7,11H,5-6,8H2,1H3,(H,15,18)(H3,14,16,17);1H. The van der Waals surface area contributed by atoms with Crippen molar-refractivity contribution >= 4 is 35.8 Å². The van der Waals surface area contributed by atoms with Gasteiger partial charge in [-0.2, -0.15) is 0 Å². The number of rotatable bonds is 4. The lowest BCUT2D eigenvalue weighted by Crippen LogP contribution is -2.33. The highest BCUT2D eigenvalue weighted by atomic mass is 127. The van der Waals surface area contributed by atoms with Crippen molar-refractivity contribution in [1.29, 1.82) is 0 Å². The Morgan fingerprint density at radius 3 is 2.84 bits per heavy atom. The predicted molar refractivity (Wildman–Crippen MR) is 86.7 cm³/mol. The summed E-state index contributed by atoms with van der Waals surface area (Å²) in [4.78, 5) is 15.7. The summed E-state index contributed by atoms with van der Waals surface area (Å²) in [5.41, 5.74) is 7.35. The molecule has 0 unspecified atom stereocenters. The molecular weight excluding hydrogens is 355 g/mol. The average molecular weight is 374 g/mol. The van der Waals surface area contributed by atoms with E-state index in [9.17, 15) is 4.79 Å². The summed E-state index contributed by atoms with van der Waals surface area (Å²) in [7, 11) is 1.62. The van der Waals surface area contributed by atoms with Crippen LogP contribution in [0.25, 0.3) is 0 Å². The van der Waals surface area contributed by atoms with Crippen molar-refractivity contribution in [3.05, 3.63) is 35.4 Å². The zero-order valence-corrected chi connectivity index (χ0v) is 13.2. The Morgan fingerprint density at radius 1 is 1.47 bits per heavy atom. The molecule has 1 aliphatic rings. The first kappa shape index (κ1) is 15.7. The van der Waals surface area contributed by atoms with Crippen LogP contribution in [-0.4, -0.2) is 25.0 Å². The molecule has 1 aromatic carbocycles. The van der Waals surface area contributed by atoms with Gasteiger partial charge in [0.1, 0.15) is 0 Å². The Bertz CT molecular complexity index is 471. The summed E-state index contributed by atoms with van der Waals surface area (Å²) in [6.45, 7) is 0.483. The highest BCUT2D eigenvalue weighted by molar-refractivity contribution is 14.0. The summed E-state index contributed by atoms with van der Waals surface area (Å²) < 4.78 is 0. The molecule has 4 N–H and O–H groups in total. The van der Waals surface area contributed by atoms with E-state index in [-0.39, 0.29) is 29.9 Å². The van der Waals surface area contributed by atoms with Crippen LogP contribution in [0.1, 0.15) is 28.8 Å². The smallest absolute Gasteiger partial charge is 0.251 e. The van der Waals surface area contributed by atoms with Crippen LogP contribution in [0.3, 0.4) is 0 Å². The van der Waals surface area contributed by atoms with E-state index in [4.69, 9.17) is 5.73 Å². The van der Waals surface area contributed by atoms with Crippen LogP contribution in [0.5, 0.6) is 0 Å². The number of hydrogen-bond acceptors (Lipinski definition) is 2. The van der Waals surface area contributed by atoms with Gasteiger partial charge in [0.15, 0.2) is 5.96 Å². The van der Waals surface area contributed by atoms with E-state index in [2.05, 4.69) is 15.6 Å². The van der Waals surface area contributed by atoms with Crippen molar-refractivity contribution in [2.24, 2.45) is 10.7 Å². The van der Waals surface area contributed by atoms with Gasteiger partial charge in [-0.25, -0.2) is 4.99 Å². The first-order valence-corrected chi connectivity index (χ1v) is 6.06. The average Bonchev–Trinajstić information content (AvgIpc) is 3.19. The number of nitrogens with zero attached hydrogens (tertiary/aromatic N) is 1. The van der Waals surface area contributed by atoms with E-state index < -0.39 is 0 Å². The number of benzene rings is 1. The lowest BCUT2D eigenvalue weighted by atomic mass is 10.1. The number of halogens is 1. The lowest BCUT2D eigenvalue weighted by molar-refractivity contribution is 0.0963. The van der Waals surface area contributed by atoms with Gasteiger partial charge < -0.3 is 16.4 Å². The molecular formula is C13H19IN4O. The normalized spacial score (nSPS) is 14.5. The van der Waals surface area contributed by atoms with Crippen LogP contribution in [0.4, 0.5) is 0 Å². The monoisotopic (exact) mass is 374 g/mol. The molecule has 104 valence electrons. The fraction of sp³-hybridized carbons (Fsp3) is 0.385. The fourth-order valence-corrected chi connectivity index (χ4v) is 1.61. The highest BCUT2D eigenvalue weighted by Crippen LogP contribution is 2.18. The number of hydrogen-bond donors (Lipinski definition) is 3. The molecule has 19 heavy (non-hydrogen) atoms. The molecule has 5 nitrogen and oxygen atoms in total. The lowest BCUT2D eigenvalue weighted by Gasteiger charge is -2.04. The zero-order chi connectivity index (χ0) is 13.0. The van der Waals surface area contributed by atoms with Crippen LogP contribution in [0.2, 0.25) is 0 Å². The van der Waals surface area contributed by atoms with Gasteiger partial charge in [0, 0.05) is 18.7 Å². The van der Waals surface area contributed by atoms with E-state index in [1.165, 1.54) is 12.8 Å². The van der Waals surface area contributed by atoms with Gasteiger partial charge >= 0.3 is 0 Å². The molecule has 0 heterocycles. The topological polar surface area (TPSA) is 79.5 Å². The molecule has 0 saturated heterocycles. The van der Waals surface area contributed by atoms with Gasteiger partial charge in [0.05, 0.1) is 6.54 Å². The van der Waals surface area contributed by atoms with E-state index in [0.717, 1.165) is 5.56 Å². The van der Waals surface area contributed by atoms with Gasteiger partial charge in [-0.05, 0) is 30.5 Å². The number of carbonyl (C=O) groups excluding carboxylic acids is 1. The molecule has 1 fully saturated rings. The molecule has 1 aromatic rings. The van der Waals surface area contributed by atoms with Crippen LogP contribution >= 0.6 is 24.0 Å². The van der Waals surface area contributed by atoms with E-state index in [0.29, 0.717) is 24.1 Å². The maximum absolute atomic E-state index is 11.5. The minimum atomic E-state index is -0.0927. The minimum Gasteiger partial charge on any atom is -0.370 e. The van der Waals surface area contributed by atoms with Crippen molar-refractivity contribution < 1.29 is 4.79 Å². The fourth-order valence-electron chi connectivity index (χ4n) is 1.61. The molecule has 2 rings (SSSR count). The first-order chi connectivity index (χ1) is 8.69. The molecule has 0 radical (unpaired) electrons. The number of nitrogens with two attached hydrogens (primary N) is 1. The van der Waals surface area contributed by atoms with Gasteiger partial charge in [-0.1, -0.05) is 12.1 Å². The summed E-state index contributed by atoms with van der Waals surface area (Å²) >= 11 is 0. The highest BCUT2D eigenvalue weighted by Gasteiger charge is 2.21. The van der Waals surface area contributed by atoms with Gasteiger partial charge in [-0.15, -0.1) is 24.0 Å². The van der Waals surface area contributed by atoms with E-state index in [1.54, 1.807) is 13.1 Å². The number of carbonyl (C=O) groups is 1. The molecule has 0 spiro atoms. The molecule has 0 bridgehead atoms. The van der Waals surface area contributed by atoms with Crippen molar-refractivity contribution in [3.8, 4) is 0 Å². The van der Waals surface area contributed by atoms with Gasteiger partial charge in [0.25, 0.3) is 5.91 Å². The third kappa shape index (κ3) is 5.06. The minimum absolute atomic E-state index is 0. The van der Waals surface area contributed by atoms with Crippen LogP contribution < -0.4 is 16.4 Å². The predicted octanol–water partition coefficient (Wildman–Crippen LogP) is 1.23. The van der Waals surface area contributed by atoms with E-state index >= 15 is 0 Å². The summed E-state index contributed by atoms with van der Waals surface area (Å²) in [5.74, 6) is 0.382. The van der Waals surface area contributed by atoms with Crippen LogP contribution in [0, 0.1) is 0 Å². The molecule has 6 heteroatoms. The molecule has 1 saturated carbocycles. The number of aliphatic imine (C=N–C) groups is 1. The van der Waals surface area contributed by atoms with Crippen LogP contribution in [0.15, 0.2) is 29.3 Å². The zero-order valence-electron chi connectivity index (χ0n) is 10.8. The second-order valence-corrected chi connectivity index (χ2v) is 4.40. The molecule has 0 aromatic heterocycles. The number of nitrogens with one attached hydrogen (secondary N) is 2. The SMILES string of the molecule is CNC(=O)c1cccc(CN=C(N)NC2CC2)c1.I. The largest absolute Gasteiger partial charge is 0.370 e. The molecule has 0 atom stereocenters. The summed E-state index contributed by atoms with van der Waals surface area (Å²) in [6.07, 6.45) is 2.34. The number of guanidine groups is 1. The van der Waals surface area contributed by atoms with Crippen molar-refractivity contribution in [2.45, 2.75) is 25.4 Å². The number of amides is 1. The van der Waals surface area contributed by atoms with Crippen LogP contribution in [-0.2, 0) is 6.54 Å². The van der Waals surface area contributed by atoms with Crippen molar-refractivity contribution in [2.75, 3.05) is 7.05 Å². The Hall–Kier alpha value is -1.31. The van der Waals surface area contributed by atoms with Gasteiger partial charge in [-0.3, -0.25) is 4.79 Å². The Kier molecular flexibility index (Phi) is 6.07. The van der Waals surface area contributed by atoms with Crippen molar-refractivity contribution in [1.82, 2.24) is 10.6 Å².